The van der Waals surface area contributed by atoms with Gasteiger partial charge < -0.3 is 4.90 Å². The molecule has 1 saturated heterocycles. The van der Waals surface area contributed by atoms with Gasteiger partial charge in [0, 0.05) is 37.6 Å². The van der Waals surface area contributed by atoms with Crippen LogP contribution in [-0.2, 0) is 19.9 Å². The van der Waals surface area contributed by atoms with E-state index in [9.17, 15) is 5.26 Å². The topological polar surface area (TPSA) is 57.7 Å². The van der Waals surface area contributed by atoms with Gasteiger partial charge in [-0.05, 0) is 56.1 Å². The SMILES string of the molecule is CC1CCc2nc(N3CCCCC3)c(C#N)c(-c3ccnn3C)c2C1. The Hall–Kier alpha value is -2.35. The maximum Gasteiger partial charge on any atom is 0.147 e. The van der Waals surface area contributed by atoms with Gasteiger partial charge in [-0.25, -0.2) is 4.98 Å². The Bertz CT molecular complexity index is 823. The van der Waals surface area contributed by atoms with Crippen molar-refractivity contribution in [1.82, 2.24) is 14.8 Å². The van der Waals surface area contributed by atoms with Crippen LogP contribution in [0.1, 0.15) is 49.4 Å². The molecule has 1 fully saturated rings. The van der Waals surface area contributed by atoms with Crippen LogP contribution in [0.4, 0.5) is 5.82 Å². The van der Waals surface area contributed by atoms with Crippen LogP contribution in [0.15, 0.2) is 12.3 Å². The molecule has 0 saturated carbocycles. The number of hydrogen-bond acceptors (Lipinski definition) is 4. The lowest BCUT2D eigenvalue weighted by Gasteiger charge is -2.32. The number of hydrogen-bond donors (Lipinski definition) is 0. The second-order valence-electron chi connectivity index (χ2n) is 7.46. The number of piperidine rings is 1. The van der Waals surface area contributed by atoms with Gasteiger partial charge in [0.05, 0.1) is 5.69 Å². The summed E-state index contributed by atoms with van der Waals surface area (Å²) in [6, 6.07) is 4.52. The van der Waals surface area contributed by atoms with E-state index in [-0.39, 0.29) is 0 Å². The molecule has 0 bridgehead atoms. The maximum absolute atomic E-state index is 10.0. The Balaban J connectivity index is 1.96. The molecule has 2 aromatic rings. The summed E-state index contributed by atoms with van der Waals surface area (Å²) >= 11 is 0. The van der Waals surface area contributed by atoms with Crippen molar-refractivity contribution in [3.05, 3.63) is 29.1 Å². The summed E-state index contributed by atoms with van der Waals surface area (Å²) in [5.74, 6) is 1.53. The first kappa shape index (κ1) is 16.1. The fourth-order valence-electron chi connectivity index (χ4n) is 4.26. The molecule has 1 unspecified atom stereocenters. The highest BCUT2D eigenvalue weighted by atomic mass is 15.3. The molecule has 0 N–H and O–H groups in total. The lowest BCUT2D eigenvalue weighted by atomic mass is 9.83. The molecular formula is C20H25N5. The lowest BCUT2D eigenvalue weighted by Crippen LogP contribution is -2.32. The second kappa shape index (κ2) is 6.51. The van der Waals surface area contributed by atoms with Crippen LogP contribution in [0.5, 0.6) is 0 Å². The predicted octanol–water partition coefficient (Wildman–Crippen LogP) is 3.47. The highest BCUT2D eigenvalue weighted by molar-refractivity contribution is 5.78. The fraction of sp³-hybridized carbons (Fsp3) is 0.550. The number of fused-ring (bicyclic) bond motifs is 1. The minimum Gasteiger partial charge on any atom is -0.355 e. The molecule has 25 heavy (non-hydrogen) atoms. The lowest BCUT2D eigenvalue weighted by molar-refractivity contribution is 0.493. The molecule has 1 aliphatic carbocycles. The summed E-state index contributed by atoms with van der Waals surface area (Å²) in [7, 11) is 1.95. The Labute approximate surface area is 149 Å². The zero-order chi connectivity index (χ0) is 17.4. The molecule has 0 radical (unpaired) electrons. The quantitative estimate of drug-likeness (QED) is 0.843. The zero-order valence-electron chi connectivity index (χ0n) is 15.1. The maximum atomic E-state index is 10.0. The molecule has 1 atom stereocenters. The number of rotatable bonds is 2. The zero-order valence-corrected chi connectivity index (χ0v) is 15.1. The van der Waals surface area contributed by atoms with Gasteiger partial charge in [-0.3, -0.25) is 4.68 Å². The largest absolute Gasteiger partial charge is 0.355 e. The molecule has 5 nitrogen and oxygen atoms in total. The van der Waals surface area contributed by atoms with E-state index in [0.717, 1.165) is 48.6 Å². The van der Waals surface area contributed by atoms with E-state index >= 15 is 0 Å². The first-order valence-electron chi connectivity index (χ1n) is 9.38. The number of nitriles is 1. The van der Waals surface area contributed by atoms with Crippen LogP contribution in [0.2, 0.25) is 0 Å². The monoisotopic (exact) mass is 335 g/mol. The van der Waals surface area contributed by atoms with E-state index in [0.29, 0.717) is 5.92 Å². The Morgan fingerprint density at radius 1 is 1.24 bits per heavy atom. The van der Waals surface area contributed by atoms with Crippen molar-refractivity contribution in [2.75, 3.05) is 18.0 Å². The molecular weight excluding hydrogens is 310 g/mol. The van der Waals surface area contributed by atoms with Crippen LogP contribution in [-0.4, -0.2) is 27.9 Å². The van der Waals surface area contributed by atoms with Crippen LogP contribution in [0, 0.1) is 17.2 Å². The molecule has 3 heterocycles. The van der Waals surface area contributed by atoms with Gasteiger partial charge >= 0.3 is 0 Å². The van der Waals surface area contributed by atoms with Gasteiger partial charge in [-0.15, -0.1) is 0 Å². The third-order valence-corrected chi connectivity index (χ3v) is 5.64. The molecule has 2 aromatic heterocycles. The molecule has 5 heteroatoms. The number of pyridine rings is 1. The smallest absolute Gasteiger partial charge is 0.147 e. The fourth-order valence-corrected chi connectivity index (χ4v) is 4.26. The van der Waals surface area contributed by atoms with Crippen molar-refractivity contribution in [2.24, 2.45) is 13.0 Å². The van der Waals surface area contributed by atoms with Crippen LogP contribution in [0.3, 0.4) is 0 Å². The van der Waals surface area contributed by atoms with Crippen LogP contribution >= 0.6 is 0 Å². The van der Waals surface area contributed by atoms with E-state index in [2.05, 4.69) is 23.0 Å². The van der Waals surface area contributed by atoms with E-state index in [1.807, 2.05) is 24.0 Å². The average Bonchev–Trinajstić information content (AvgIpc) is 3.06. The summed E-state index contributed by atoms with van der Waals surface area (Å²) in [5.41, 5.74) is 5.29. The highest BCUT2D eigenvalue weighted by Gasteiger charge is 2.29. The van der Waals surface area contributed by atoms with Crippen molar-refractivity contribution in [3.63, 3.8) is 0 Å². The standard InChI is InChI=1S/C20H25N5/c1-14-6-7-17-15(12-14)19(18-8-9-22-24(18)2)16(13-21)20(23-17)25-10-4-3-5-11-25/h8-9,14H,3-7,10-12H2,1-2H3. The Kier molecular flexibility index (Phi) is 4.20. The summed E-state index contributed by atoms with van der Waals surface area (Å²) < 4.78 is 1.88. The summed E-state index contributed by atoms with van der Waals surface area (Å²) in [6.07, 6.45) is 8.64. The molecule has 4 rings (SSSR count). The minimum atomic E-state index is 0.633. The van der Waals surface area contributed by atoms with Crippen LogP contribution < -0.4 is 4.90 Å². The Morgan fingerprint density at radius 3 is 2.72 bits per heavy atom. The van der Waals surface area contributed by atoms with Gasteiger partial charge in [-0.2, -0.15) is 10.4 Å². The second-order valence-corrected chi connectivity index (χ2v) is 7.46. The van der Waals surface area contributed by atoms with E-state index in [1.54, 1.807) is 0 Å². The normalized spacial score (nSPS) is 20.2. The van der Waals surface area contributed by atoms with Gasteiger partial charge in [0.25, 0.3) is 0 Å². The van der Waals surface area contributed by atoms with E-state index in [4.69, 9.17) is 4.98 Å². The number of aromatic nitrogens is 3. The van der Waals surface area contributed by atoms with Crippen molar-refractivity contribution in [3.8, 4) is 17.3 Å². The Morgan fingerprint density at radius 2 is 2.04 bits per heavy atom. The van der Waals surface area contributed by atoms with Crippen molar-refractivity contribution in [1.29, 1.82) is 5.26 Å². The molecule has 130 valence electrons. The first-order chi connectivity index (χ1) is 12.2. The van der Waals surface area contributed by atoms with Gasteiger partial charge in [0.15, 0.2) is 0 Å². The van der Waals surface area contributed by atoms with Gasteiger partial charge in [0.2, 0.25) is 0 Å². The van der Waals surface area contributed by atoms with Crippen molar-refractivity contribution < 1.29 is 0 Å². The molecule has 2 aliphatic rings. The number of aryl methyl sites for hydroxylation is 2. The van der Waals surface area contributed by atoms with Crippen LogP contribution in [0.25, 0.3) is 11.3 Å². The summed E-state index contributed by atoms with van der Waals surface area (Å²) in [5, 5.41) is 14.4. The average molecular weight is 335 g/mol. The molecule has 0 aromatic carbocycles. The van der Waals surface area contributed by atoms with Gasteiger partial charge in [0.1, 0.15) is 17.5 Å². The summed E-state index contributed by atoms with van der Waals surface area (Å²) in [4.78, 5) is 7.34. The predicted molar refractivity (Wildman–Crippen MR) is 98.4 cm³/mol. The summed E-state index contributed by atoms with van der Waals surface area (Å²) in [6.45, 7) is 4.30. The third kappa shape index (κ3) is 2.80. The van der Waals surface area contributed by atoms with Crippen molar-refractivity contribution >= 4 is 5.82 Å². The van der Waals surface area contributed by atoms with E-state index < -0.39 is 0 Å². The van der Waals surface area contributed by atoms with E-state index in [1.165, 1.54) is 36.9 Å². The molecule has 1 aliphatic heterocycles. The third-order valence-electron chi connectivity index (χ3n) is 5.64. The number of nitrogens with zero attached hydrogens (tertiary/aromatic N) is 5. The minimum absolute atomic E-state index is 0.633. The molecule has 0 spiro atoms. The first-order valence-corrected chi connectivity index (χ1v) is 9.38. The molecule has 0 amide bonds. The van der Waals surface area contributed by atoms with Crippen molar-refractivity contribution in [2.45, 2.75) is 45.4 Å². The van der Waals surface area contributed by atoms with Gasteiger partial charge in [-0.1, -0.05) is 6.92 Å². The number of anilines is 1. The highest BCUT2D eigenvalue weighted by Crippen LogP contribution is 2.39.